The molecule has 0 radical (unpaired) electrons. The van der Waals surface area contributed by atoms with Gasteiger partial charge in [0.05, 0.1) is 6.21 Å². The molecule has 1 amide bonds. The van der Waals surface area contributed by atoms with E-state index in [0.29, 0.717) is 17.9 Å². The van der Waals surface area contributed by atoms with Gasteiger partial charge in [-0.2, -0.15) is 5.10 Å². The van der Waals surface area contributed by atoms with Crippen LogP contribution in [-0.4, -0.2) is 17.2 Å². The Balaban J connectivity index is 1.68. The largest absolute Gasteiger partial charge is 0.508 e. The maximum Gasteiger partial charge on any atom is 0.271 e. The number of carbonyl (C=O) groups excluding carboxylic acids is 1. The van der Waals surface area contributed by atoms with Crippen molar-refractivity contribution in [2.24, 2.45) is 5.10 Å². The fourth-order valence-corrected chi connectivity index (χ4v) is 2.70. The van der Waals surface area contributed by atoms with E-state index >= 15 is 0 Å². The molecule has 0 saturated heterocycles. The molecular weight excluding hydrogens is 408 g/mol. The number of hydrazone groups is 1. The van der Waals surface area contributed by atoms with E-state index in [1.54, 1.807) is 0 Å². The fraction of sp³-hybridized carbons (Fsp3) is 0.0476. The minimum Gasteiger partial charge on any atom is -0.508 e. The smallest absolute Gasteiger partial charge is 0.271 e. The summed E-state index contributed by atoms with van der Waals surface area (Å²) in [5.41, 5.74) is 4.66. The molecule has 0 atom stereocenters. The number of nitrogens with zero attached hydrogens (tertiary/aromatic N) is 1. The molecule has 0 spiro atoms. The summed E-state index contributed by atoms with van der Waals surface area (Å²) >= 11 is 3.43. The number of nitrogens with one attached hydrogen (secondary N) is 1. The van der Waals surface area contributed by atoms with E-state index in [1.807, 2.05) is 48.5 Å². The maximum atomic E-state index is 12.1. The first-order valence-electron chi connectivity index (χ1n) is 8.20. The number of halogens is 1. The number of hydrogen-bond acceptors (Lipinski definition) is 4. The van der Waals surface area contributed by atoms with E-state index in [9.17, 15) is 9.90 Å². The molecular formula is C21H17BrN2O3. The van der Waals surface area contributed by atoms with Crippen LogP contribution in [0, 0.1) is 0 Å². The van der Waals surface area contributed by atoms with Crippen molar-refractivity contribution in [2.45, 2.75) is 6.61 Å². The van der Waals surface area contributed by atoms with E-state index in [0.717, 1.165) is 15.6 Å². The van der Waals surface area contributed by atoms with Crippen molar-refractivity contribution in [1.82, 2.24) is 5.43 Å². The second-order valence-electron chi connectivity index (χ2n) is 5.70. The van der Waals surface area contributed by atoms with Crippen LogP contribution in [0.3, 0.4) is 0 Å². The monoisotopic (exact) mass is 424 g/mol. The van der Waals surface area contributed by atoms with E-state index < -0.39 is 0 Å². The summed E-state index contributed by atoms with van der Waals surface area (Å²) < 4.78 is 6.76. The third-order valence-corrected chi connectivity index (χ3v) is 4.20. The zero-order valence-corrected chi connectivity index (χ0v) is 15.9. The molecule has 0 heterocycles. The number of carbonyl (C=O) groups is 1. The van der Waals surface area contributed by atoms with Gasteiger partial charge in [0.15, 0.2) is 0 Å². The SMILES string of the molecule is O=C(NN=Cc1cc(Br)ccc1OCc1ccccc1)c1ccc(O)cc1. The van der Waals surface area contributed by atoms with Crippen LogP contribution in [0.5, 0.6) is 11.5 Å². The minimum absolute atomic E-state index is 0.101. The average Bonchev–Trinajstić information content (AvgIpc) is 2.68. The van der Waals surface area contributed by atoms with Gasteiger partial charge in [-0.1, -0.05) is 46.3 Å². The summed E-state index contributed by atoms with van der Waals surface area (Å²) in [5.74, 6) is 0.391. The van der Waals surface area contributed by atoms with Gasteiger partial charge in [-0.05, 0) is 48.0 Å². The van der Waals surface area contributed by atoms with Gasteiger partial charge in [-0.25, -0.2) is 5.43 Å². The third kappa shape index (κ3) is 5.43. The van der Waals surface area contributed by atoms with Crippen LogP contribution in [0.15, 0.2) is 82.4 Å². The standard InChI is InChI=1S/C21H17BrN2O3/c22-18-8-11-20(27-14-15-4-2-1-3-5-15)17(12-18)13-23-24-21(26)16-6-9-19(25)10-7-16/h1-13,25H,14H2,(H,24,26). The Morgan fingerprint density at radius 1 is 1.07 bits per heavy atom. The maximum absolute atomic E-state index is 12.1. The van der Waals surface area contributed by atoms with E-state index in [1.165, 1.54) is 30.5 Å². The Kier molecular flexibility index (Phi) is 6.22. The lowest BCUT2D eigenvalue weighted by atomic mass is 10.2. The molecule has 0 fully saturated rings. The first-order chi connectivity index (χ1) is 13.1. The molecule has 3 aromatic rings. The molecule has 27 heavy (non-hydrogen) atoms. The van der Waals surface area contributed by atoms with Crippen molar-refractivity contribution in [3.05, 3.63) is 94.0 Å². The number of ether oxygens (including phenoxy) is 1. The van der Waals surface area contributed by atoms with Crippen LogP contribution in [0.4, 0.5) is 0 Å². The van der Waals surface area contributed by atoms with Crippen LogP contribution in [0.25, 0.3) is 0 Å². The molecule has 0 unspecified atom stereocenters. The molecule has 3 aromatic carbocycles. The summed E-state index contributed by atoms with van der Waals surface area (Å²) in [6.07, 6.45) is 1.53. The molecule has 2 N–H and O–H groups in total. The van der Waals surface area contributed by atoms with Crippen LogP contribution in [-0.2, 0) is 6.61 Å². The van der Waals surface area contributed by atoms with Crippen LogP contribution in [0.2, 0.25) is 0 Å². The minimum atomic E-state index is -0.368. The Morgan fingerprint density at radius 3 is 2.56 bits per heavy atom. The summed E-state index contributed by atoms with van der Waals surface area (Å²) in [5, 5.41) is 13.3. The predicted molar refractivity (Wildman–Crippen MR) is 108 cm³/mol. The van der Waals surface area contributed by atoms with Gasteiger partial charge in [0, 0.05) is 15.6 Å². The molecule has 0 aliphatic heterocycles. The highest BCUT2D eigenvalue weighted by Gasteiger charge is 2.06. The molecule has 0 saturated carbocycles. The molecule has 136 valence electrons. The molecule has 0 aliphatic rings. The topological polar surface area (TPSA) is 70.9 Å². The lowest BCUT2D eigenvalue weighted by molar-refractivity contribution is 0.0955. The number of amides is 1. The summed E-state index contributed by atoms with van der Waals surface area (Å²) in [4.78, 5) is 12.1. The van der Waals surface area contributed by atoms with E-state index in [-0.39, 0.29) is 11.7 Å². The first kappa shape index (κ1) is 18.7. The van der Waals surface area contributed by atoms with Crippen molar-refractivity contribution >= 4 is 28.1 Å². The van der Waals surface area contributed by atoms with Crippen LogP contribution < -0.4 is 10.2 Å². The molecule has 3 rings (SSSR count). The summed E-state index contributed by atoms with van der Waals surface area (Å²) in [6, 6.07) is 21.4. The first-order valence-corrected chi connectivity index (χ1v) is 9.00. The summed E-state index contributed by atoms with van der Waals surface area (Å²) in [6.45, 7) is 0.434. The Labute approximate surface area is 165 Å². The lowest BCUT2D eigenvalue weighted by Gasteiger charge is -2.09. The molecule has 0 bridgehead atoms. The quantitative estimate of drug-likeness (QED) is 0.452. The van der Waals surface area contributed by atoms with Gasteiger partial charge in [0.25, 0.3) is 5.91 Å². The van der Waals surface area contributed by atoms with Gasteiger partial charge in [0.2, 0.25) is 0 Å². The molecule has 0 aromatic heterocycles. The van der Waals surface area contributed by atoms with Crippen molar-refractivity contribution in [3.63, 3.8) is 0 Å². The normalized spacial score (nSPS) is 10.7. The zero-order chi connectivity index (χ0) is 19.1. The van der Waals surface area contributed by atoms with Gasteiger partial charge >= 0.3 is 0 Å². The summed E-state index contributed by atoms with van der Waals surface area (Å²) in [7, 11) is 0. The van der Waals surface area contributed by atoms with Crippen molar-refractivity contribution in [1.29, 1.82) is 0 Å². The highest BCUT2D eigenvalue weighted by Crippen LogP contribution is 2.23. The van der Waals surface area contributed by atoms with Crippen molar-refractivity contribution in [2.75, 3.05) is 0 Å². The highest BCUT2D eigenvalue weighted by atomic mass is 79.9. The van der Waals surface area contributed by atoms with E-state index in [2.05, 4.69) is 26.5 Å². The second kappa shape index (κ2) is 9.00. The van der Waals surface area contributed by atoms with Gasteiger partial charge in [0.1, 0.15) is 18.1 Å². The number of rotatable bonds is 6. The highest BCUT2D eigenvalue weighted by molar-refractivity contribution is 9.10. The average molecular weight is 425 g/mol. The predicted octanol–water partition coefficient (Wildman–Crippen LogP) is 4.50. The van der Waals surface area contributed by atoms with Gasteiger partial charge < -0.3 is 9.84 Å². The van der Waals surface area contributed by atoms with Crippen LogP contribution >= 0.6 is 15.9 Å². The molecule has 0 aliphatic carbocycles. The Hall–Kier alpha value is -3.12. The van der Waals surface area contributed by atoms with Gasteiger partial charge in [-0.3, -0.25) is 4.79 Å². The Bertz CT molecular complexity index is 941. The zero-order valence-electron chi connectivity index (χ0n) is 14.3. The number of phenolic OH excluding ortho intramolecular Hbond substituents is 1. The van der Waals surface area contributed by atoms with Crippen LogP contribution in [0.1, 0.15) is 21.5 Å². The number of phenols is 1. The number of aromatic hydroxyl groups is 1. The molecule has 5 nitrogen and oxygen atoms in total. The number of hydrogen-bond donors (Lipinski definition) is 2. The Morgan fingerprint density at radius 2 is 1.81 bits per heavy atom. The van der Waals surface area contributed by atoms with Crippen molar-refractivity contribution in [3.8, 4) is 11.5 Å². The molecule has 6 heteroatoms. The van der Waals surface area contributed by atoms with E-state index in [4.69, 9.17) is 4.74 Å². The number of benzene rings is 3. The van der Waals surface area contributed by atoms with Gasteiger partial charge in [-0.15, -0.1) is 0 Å². The van der Waals surface area contributed by atoms with Crippen molar-refractivity contribution < 1.29 is 14.6 Å². The second-order valence-corrected chi connectivity index (χ2v) is 6.62. The third-order valence-electron chi connectivity index (χ3n) is 3.71. The lowest BCUT2D eigenvalue weighted by Crippen LogP contribution is -2.17. The fourth-order valence-electron chi connectivity index (χ4n) is 2.32.